The van der Waals surface area contributed by atoms with Crippen molar-refractivity contribution in [3.63, 3.8) is 0 Å². The zero-order chi connectivity index (χ0) is 39.6. The smallest absolute Gasteiger partial charge is 0.325 e. The predicted octanol–water partition coefficient (Wildman–Crippen LogP) is 7.76. The van der Waals surface area contributed by atoms with E-state index in [0.717, 1.165) is 29.2 Å². The van der Waals surface area contributed by atoms with E-state index in [2.05, 4.69) is 33.6 Å². The lowest BCUT2D eigenvalue weighted by atomic mass is 10.1. The van der Waals surface area contributed by atoms with Crippen LogP contribution in [0.3, 0.4) is 0 Å². The molecule has 8 nitrogen and oxygen atoms in total. The summed E-state index contributed by atoms with van der Waals surface area (Å²) in [7, 11) is 0. The van der Waals surface area contributed by atoms with Gasteiger partial charge in [0.15, 0.2) is 0 Å². The highest BCUT2D eigenvalue weighted by Gasteiger charge is 2.36. The van der Waals surface area contributed by atoms with Gasteiger partial charge in [0.2, 0.25) is 0 Å². The second-order valence-corrected chi connectivity index (χ2v) is 12.3. The topological polar surface area (TPSA) is 98.0 Å². The Morgan fingerprint density at radius 1 is 0.554 bits per heavy atom. The molecule has 2 N–H and O–H groups in total. The summed E-state index contributed by atoms with van der Waals surface area (Å²) in [4.78, 5) is 35.5. The van der Waals surface area contributed by atoms with E-state index in [4.69, 9.17) is 5.73 Å². The van der Waals surface area contributed by atoms with Gasteiger partial charge in [0, 0.05) is 30.1 Å². The van der Waals surface area contributed by atoms with Crippen molar-refractivity contribution < 1.29 is 35.9 Å². The molecule has 0 aliphatic carbocycles. The largest absolute Gasteiger partial charge is 0.416 e. The van der Waals surface area contributed by atoms with Crippen molar-refractivity contribution in [1.29, 1.82) is 0 Å². The third kappa shape index (κ3) is 7.59. The molecule has 3 aromatic carbocycles. The van der Waals surface area contributed by atoms with Crippen molar-refractivity contribution >= 4 is 23.1 Å². The molecular formula is C42H26F6N6O2. The number of amides is 2. The van der Waals surface area contributed by atoms with E-state index in [1.165, 1.54) is 24.3 Å². The molecule has 14 heteroatoms. The maximum atomic E-state index is 13.0. The van der Waals surface area contributed by atoms with Crippen molar-refractivity contribution in [3.05, 3.63) is 178 Å². The van der Waals surface area contributed by atoms with Crippen LogP contribution in [0, 0.1) is 23.7 Å². The number of halogens is 6. The fourth-order valence-electron chi connectivity index (χ4n) is 5.95. The van der Waals surface area contributed by atoms with Crippen molar-refractivity contribution in [3.8, 4) is 23.7 Å². The van der Waals surface area contributed by atoms with Crippen LogP contribution in [0.5, 0.6) is 0 Å². The summed E-state index contributed by atoms with van der Waals surface area (Å²) in [5, 5.41) is 0. The van der Waals surface area contributed by atoms with Gasteiger partial charge in [-0.25, -0.2) is 9.97 Å². The van der Waals surface area contributed by atoms with Crippen LogP contribution in [0.25, 0.3) is 11.3 Å². The van der Waals surface area contributed by atoms with Gasteiger partial charge in [0.1, 0.15) is 22.7 Å². The summed E-state index contributed by atoms with van der Waals surface area (Å²) >= 11 is 0. The Bertz CT molecular complexity index is 2740. The first-order valence-corrected chi connectivity index (χ1v) is 16.8. The average molecular weight is 761 g/mol. The number of hydrogen-bond acceptors (Lipinski definition) is 5. The highest BCUT2D eigenvalue weighted by atomic mass is 19.4. The van der Waals surface area contributed by atoms with Crippen molar-refractivity contribution in [2.45, 2.75) is 25.4 Å². The summed E-state index contributed by atoms with van der Waals surface area (Å²) in [6, 6.07) is 26.9. The van der Waals surface area contributed by atoms with Gasteiger partial charge in [-0.05, 0) is 84.6 Å². The molecule has 0 spiro atoms. The third-order valence-corrected chi connectivity index (χ3v) is 8.61. The Hall–Kier alpha value is -7.16. The Kier molecular flexibility index (Phi) is 9.91. The first-order chi connectivity index (χ1) is 26.8. The number of benzene rings is 3. The molecule has 0 bridgehead atoms. The Labute approximate surface area is 314 Å². The number of pyridine rings is 2. The van der Waals surface area contributed by atoms with Crippen LogP contribution in [0.4, 0.5) is 26.3 Å². The van der Waals surface area contributed by atoms with E-state index >= 15 is 0 Å². The van der Waals surface area contributed by atoms with Crippen LogP contribution < -0.4 is 5.73 Å². The molecule has 0 saturated carbocycles. The zero-order valence-electron chi connectivity index (χ0n) is 28.9. The maximum absolute atomic E-state index is 13.0. The number of hydrogen-bond donors (Lipinski definition) is 1. The predicted molar refractivity (Wildman–Crippen MR) is 194 cm³/mol. The molecule has 0 radical (unpaired) electrons. The van der Waals surface area contributed by atoms with Crippen LogP contribution in [0.15, 0.2) is 122 Å². The van der Waals surface area contributed by atoms with Gasteiger partial charge in [-0.3, -0.25) is 23.3 Å². The minimum atomic E-state index is -4.47. The molecule has 2 amide bonds. The summed E-state index contributed by atoms with van der Waals surface area (Å²) < 4.78 is 80.7. The number of nitrogens with two attached hydrogens (primary N) is 1. The average Bonchev–Trinajstić information content (AvgIpc) is 3.82. The quantitative estimate of drug-likeness (QED) is 0.113. The van der Waals surface area contributed by atoms with Gasteiger partial charge < -0.3 is 5.73 Å². The lowest BCUT2D eigenvalue weighted by molar-refractivity contribution is -0.138. The molecule has 8 rings (SSSR count). The maximum Gasteiger partial charge on any atom is 0.416 e. The molecular weight excluding hydrogens is 734 g/mol. The normalized spacial score (nSPS) is 12.4. The second kappa shape index (κ2) is 14.9. The minimum absolute atomic E-state index is 0.110. The number of carbonyl (C=O) groups excluding carboxylic acids is 2. The number of nitrogens with zero attached hydrogens (tertiary/aromatic N) is 5. The van der Waals surface area contributed by atoms with Gasteiger partial charge >= 0.3 is 12.4 Å². The van der Waals surface area contributed by atoms with Crippen LogP contribution >= 0.6 is 0 Å². The first-order valence-electron chi connectivity index (χ1n) is 16.8. The molecule has 0 saturated heterocycles. The monoisotopic (exact) mass is 760 g/mol. The number of aromatic nitrogens is 4. The third-order valence-electron chi connectivity index (χ3n) is 8.61. The summed E-state index contributed by atoms with van der Waals surface area (Å²) in [6.45, 7) is 0.0922. The van der Waals surface area contributed by atoms with Gasteiger partial charge in [-0.1, -0.05) is 48.2 Å². The van der Waals surface area contributed by atoms with E-state index in [1.807, 2.05) is 18.2 Å². The molecule has 1 aliphatic heterocycles. The van der Waals surface area contributed by atoms with Gasteiger partial charge in [-0.15, -0.1) is 0 Å². The highest BCUT2D eigenvalue weighted by Crippen LogP contribution is 2.31. The van der Waals surface area contributed by atoms with Crippen LogP contribution in [0.1, 0.15) is 65.7 Å². The summed E-state index contributed by atoms with van der Waals surface area (Å²) in [6.07, 6.45) is -5.36. The van der Waals surface area contributed by atoms with Gasteiger partial charge in [0.05, 0.1) is 40.2 Å². The van der Waals surface area contributed by atoms with E-state index in [-0.39, 0.29) is 24.2 Å². The molecule has 0 atom stereocenters. The summed E-state index contributed by atoms with van der Waals surface area (Å²) in [5.41, 5.74) is 8.46. The van der Waals surface area contributed by atoms with Crippen molar-refractivity contribution in [2.75, 3.05) is 0 Å². The number of rotatable bonds is 3. The van der Waals surface area contributed by atoms with E-state index in [9.17, 15) is 35.9 Å². The van der Waals surface area contributed by atoms with E-state index in [1.54, 1.807) is 63.7 Å². The Morgan fingerprint density at radius 2 is 1.00 bits per heavy atom. The van der Waals surface area contributed by atoms with Gasteiger partial charge in [0.25, 0.3) is 11.8 Å². The fourth-order valence-corrected chi connectivity index (χ4v) is 5.95. The number of imidazole rings is 2. The van der Waals surface area contributed by atoms with Crippen molar-refractivity contribution in [2.24, 2.45) is 5.73 Å². The molecule has 0 unspecified atom stereocenters. The number of fused-ring (bicyclic) bond motifs is 3. The molecule has 1 aliphatic rings. The van der Waals surface area contributed by atoms with Gasteiger partial charge in [-0.2, -0.15) is 26.3 Å². The van der Waals surface area contributed by atoms with E-state index < -0.39 is 35.3 Å². The van der Waals surface area contributed by atoms with Crippen LogP contribution in [0.2, 0.25) is 0 Å². The Morgan fingerprint density at radius 3 is 1.46 bits per heavy atom. The van der Waals surface area contributed by atoms with Crippen molar-refractivity contribution in [1.82, 2.24) is 23.7 Å². The molecule has 4 aromatic heterocycles. The fraction of sp³-hybridized carbons (Fsp3) is 0.0952. The number of alkyl halides is 6. The molecule has 278 valence electrons. The lowest BCUT2D eigenvalue weighted by Gasteiger charge is -2.12. The SMILES string of the molecule is NCc1nc2ccccn2c1C#Cc1cccc(C(F)(F)F)c1.O=C1c2ccccc2C(=O)N1Cc1nc2ccccn2c1C#Cc1cccc(C(F)(F)F)c1. The van der Waals surface area contributed by atoms with E-state index in [0.29, 0.717) is 45.2 Å². The number of imide groups is 1. The zero-order valence-corrected chi connectivity index (χ0v) is 28.9. The number of carbonyl (C=O) groups is 2. The Balaban J connectivity index is 0.000000183. The standard InChI is InChI=1S/C25H14F3N3O2.C17H12F3N3/c26-25(27,28)17-7-5-6-16(14-17)11-12-21-20(29-22-10-3-4-13-30(21)22)15-31-23(32)18-8-1-2-9-19(18)24(31)33;18-17(19,20)13-5-3-4-12(10-13)7-8-15-14(11-21)22-16-6-1-2-9-23(15)16/h1-10,13-14H,15H2;1-6,9-10H,11,21H2. The highest BCUT2D eigenvalue weighted by molar-refractivity contribution is 6.21. The molecule has 7 aromatic rings. The minimum Gasteiger partial charge on any atom is -0.325 e. The first kappa shape index (κ1) is 37.2. The van der Waals surface area contributed by atoms with Crippen LogP contribution in [-0.2, 0) is 25.4 Å². The molecule has 5 heterocycles. The molecule has 0 fully saturated rings. The summed E-state index contributed by atoms with van der Waals surface area (Å²) in [5.74, 6) is 10.4. The second-order valence-electron chi connectivity index (χ2n) is 12.3. The lowest BCUT2D eigenvalue weighted by Crippen LogP contribution is -2.29. The molecule has 56 heavy (non-hydrogen) atoms. The van der Waals surface area contributed by atoms with Crippen LogP contribution in [-0.4, -0.2) is 35.5 Å².